The molecule has 0 spiro atoms. The molecule has 0 radical (unpaired) electrons. The maximum Gasteiger partial charge on any atom is 0.253 e. The van der Waals surface area contributed by atoms with E-state index in [-0.39, 0.29) is 5.91 Å². The van der Waals surface area contributed by atoms with Gasteiger partial charge < -0.3 is 9.88 Å². The van der Waals surface area contributed by atoms with Crippen LogP contribution in [0.25, 0.3) is 27.5 Å². The fourth-order valence-electron chi connectivity index (χ4n) is 3.01. The Morgan fingerprint density at radius 2 is 1.96 bits per heavy atom. The number of halogens is 1. The largest absolute Gasteiger partial charge is 0.355 e. The van der Waals surface area contributed by atoms with E-state index >= 15 is 0 Å². The molecule has 24 heavy (non-hydrogen) atoms. The third-order valence-electron chi connectivity index (χ3n) is 4.12. The van der Waals surface area contributed by atoms with E-state index in [2.05, 4.69) is 10.3 Å². The van der Waals surface area contributed by atoms with Gasteiger partial charge in [0.15, 0.2) is 0 Å². The molecule has 0 saturated heterocycles. The van der Waals surface area contributed by atoms with Crippen LogP contribution in [-0.4, -0.2) is 22.5 Å². The first-order valence-electron chi connectivity index (χ1n) is 7.56. The highest BCUT2D eigenvalue weighted by atomic mass is 35.5. The van der Waals surface area contributed by atoms with Crippen LogP contribution in [-0.2, 0) is 0 Å². The van der Waals surface area contributed by atoms with Crippen molar-refractivity contribution < 1.29 is 4.79 Å². The lowest BCUT2D eigenvalue weighted by molar-refractivity contribution is 0.0964. The van der Waals surface area contributed by atoms with E-state index in [1.165, 1.54) is 0 Å². The molecule has 0 bridgehead atoms. The number of para-hydroxylation sites is 1. The summed E-state index contributed by atoms with van der Waals surface area (Å²) >= 11 is 6.14. The van der Waals surface area contributed by atoms with Crippen LogP contribution in [0.4, 0.5) is 0 Å². The van der Waals surface area contributed by atoms with E-state index in [4.69, 9.17) is 11.6 Å². The van der Waals surface area contributed by atoms with Gasteiger partial charge in [-0.05, 0) is 30.3 Å². The quantitative estimate of drug-likeness (QED) is 0.597. The Kier molecular flexibility index (Phi) is 3.47. The van der Waals surface area contributed by atoms with Gasteiger partial charge in [0.2, 0.25) is 0 Å². The average molecular weight is 336 g/mol. The van der Waals surface area contributed by atoms with E-state index in [0.29, 0.717) is 10.6 Å². The number of pyridine rings is 1. The standard InChI is InChI=1S/C19H14ClN3O/c1-21-19(24)15-11-23(17-7-6-12(20)10-14(15)17)18-8-9-22-16-5-3-2-4-13(16)18/h2-11H,1H3,(H,21,24). The Labute approximate surface area is 143 Å². The number of rotatable bonds is 2. The number of amides is 1. The number of nitrogens with zero attached hydrogens (tertiary/aromatic N) is 2. The average Bonchev–Trinajstić information content (AvgIpc) is 2.99. The number of fused-ring (bicyclic) bond motifs is 2. The number of aromatic nitrogens is 2. The molecule has 0 fully saturated rings. The fourth-order valence-corrected chi connectivity index (χ4v) is 3.18. The fraction of sp³-hybridized carbons (Fsp3) is 0.0526. The molecule has 4 nitrogen and oxygen atoms in total. The van der Waals surface area contributed by atoms with Crippen LogP contribution < -0.4 is 5.32 Å². The highest BCUT2D eigenvalue weighted by molar-refractivity contribution is 6.31. The predicted octanol–water partition coefficient (Wildman–Crippen LogP) is 4.19. The van der Waals surface area contributed by atoms with Crippen LogP contribution in [0.5, 0.6) is 0 Å². The van der Waals surface area contributed by atoms with Gasteiger partial charge in [-0.2, -0.15) is 0 Å². The summed E-state index contributed by atoms with van der Waals surface area (Å²) in [6.07, 6.45) is 3.63. The van der Waals surface area contributed by atoms with Gasteiger partial charge in [-0.25, -0.2) is 0 Å². The third kappa shape index (κ3) is 2.23. The Morgan fingerprint density at radius 1 is 1.12 bits per heavy atom. The number of benzene rings is 2. The zero-order valence-corrected chi connectivity index (χ0v) is 13.7. The van der Waals surface area contributed by atoms with Crippen LogP contribution in [0.15, 0.2) is 60.9 Å². The van der Waals surface area contributed by atoms with Crippen LogP contribution >= 0.6 is 11.6 Å². The van der Waals surface area contributed by atoms with E-state index in [9.17, 15) is 4.79 Å². The Balaban J connectivity index is 2.08. The molecular weight excluding hydrogens is 322 g/mol. The number of carbonyl (C=O) groups excluding carboxylic acids is 1. The van der Waals surface area contributed by atoms with E-state index in [1.54, 1.807) is 13.2 Å². The predicted molar refractivity (Wildman–Crippen MR) is 97.0 cm³/mol. The van der Waals surface area contributed by atoms with Crippen molar-refractivity contribution in [3.05, 3.63) is 71.5 Å². The molecule has 4 aromatic rings. The van der Waals surface area contributed by atoms with Crippen molar-refractivity contribution in [3.8, 4) is 5.69 Å². The first-order valence-corrected chi connectivity index (χ1v) is 7.93. The molecule has 0 aliphatic carbocycles. The molecule has 4 rings (SSSR count). The molecule has 0 atom stereocenters. The second-order valence-electron chi connectivity index (χ2n) is 5.50. The van der Waals surface area contributed by atoms with Crippen LogP contribution in [0, 0.1) is 0 Å². The number of nitrogens with one attached hydrogen (secondary N) is 1. The van der Waals surface area contributed by atoms with Gasteiger partial charge in [0.1, 0.15) is 0 Å². The van der Waals surface area contributed by atoms with Crippen molar-refractivity contribution in [2.45, 2.75) is 0 Å². The van der Waals surface area contributed by atoms with Gasteiger partial charge in [0.05, 0.1) is 22.3 Å². The lowest BCUT2D eigenvalue weighted by Crippen LogP contribution is -2.17. The molecule has 1 N–H and O–H groups in total. The highest BCUT2D eigenvalue weighted by Crippen LogP contribution is 2.30. The molecule has 0 saturated carbocycles. The summed E-state index contributed by atoms with van der Waals surface area (Å²) in [6.45, 7) is 0. The van der Waals surface area contributed by atoms with Crippen molar-refractivity contribution in [1.82, 2.24) is 14.9 Å². The van der Waals surface area contributed by atoms with Crippen LogP contribution in [0.1, 0.15) is 10.4 Å². The first-order chi connectivity index (χ1) is 11.7. The molecule has 2 aromatic carbocycles. The van der Waals surface area contributed by atoms with Crippen molar-refractivity contribution in [2.24, 2.45) is 0 Å². The third-order valence-corrected chi connectivity index (χ3v) is 4.36. The van der Waals surface area contributed by atoms with Gasteiger partial charge in [0, 0.05) is 35.2 Å². The summed E-state index contributed by atoms with van der Waals surface area (Å²) in [7, 11) is 1.62. The summed E-state index contributed by atoms with van der Waals surface area (Å²) in [5.74, 6) is -0.139. The molecule has 0 aliphatic heterocycles. The highest BCUT2D eigenvalue weighted by Gasteiger charge is 2.16. The second kappa shape index (κ2) is 5.65. The first kappa shape index (κ1) is 14.7. The SMILES string of the molecule is CNC(=O)c1cn(-c2ccnc3ccccc23)c2ccc(Cl)cc12. The Morgan fingerprint density at radius 3 is 2.79 bits per heavy atom. The summed E-state index contributed by atoms with van der Waals surface area (Å²) < 4.78 is 2.01. The summed E-state index contributed by atoms with van der Waals surface area (Å²) in [5.41, 5.74) is 3.40. The minimum atomic E-state index is -0.139. The molecule has 118 valence electrons. The van der Waals surface area contributed by atoms with Gasteiger partial charge in [-0.1, -0.05) is 29.8 Å². The van der Waals surface area contributed by atoms with Crippen molar-refractivity contribution >= 4 is 39.3 Å². The number of carbonyl (C=O) groups is 1. The zero-order valence-electron chi connectivity index (χ0n) is 13.0. The topological polar surface area (TPSA) is 46.9 Å². The van der Waals surface area contributed by atoms with E-state index in [0.717, 1.165) is 27.5 Å². The normalized spacial score (nSPS) is 11.1. The Bertz CT molecular complexity index is 1080. The maximum absolute atomic E-state index is 12.3. The maximum atomic E-state index is 12.3. The number of hydrogen-bond donors (Lipinski definition) is 1. The van der Waals surface area contributed by atoms with Crippen molar-refractivity contribution in [3.63, 3.8) is 0 Å². The van der Waals surface area contributed by atoms with Gasteiger partial charge in [-0.15, -0.1) is 0 Å². The van der Waals surface area contributed by atoms with E-state index in [1.807, 2.05) is 59.3 Å². The summed E-state index contributed by atoms with van der Waals surface area (Å²) in [5, 5.41) is 5.13. The lowest BCUT2D eigenvalue weighted by Gasteiger charge is -2.09. The van der Waals surface area contributed by atoms with Crippen LogP contribution in [0.3, 0.4) is 0 Å². The molecule has 2 aromatic heterocycles. The summed E-state index contributed by atoms with van der Waals surface area (Å²) in [4.78, 5) is 16.7. The molecule has 2 heterocycles. The van der Waals surface area contributed by atoms with Gasteiger partial charge >= 0.3 is 0 Å². The van der Waals surface area contributed by atoms with Gasteiger partial charge in [-0.3, -0.25) is 9.78 Å². The lowest BCUT2D eigenvalue weighted by atomic mass is 10.1. The molecule has 5 heteroatoms. The van der Waals surface area contributed by atoms with E-state index < -0.39 is 0 Å². The second-order valence-corrected chi connectivity index (χ2v) is 5.94. The minimum Gasteiger partial charge on any atom is -0.355 e. The van der Waals surface area contributed by atoms with Gasteiger partial charge in [0.25, 0.3) is 5.91 Å². The zero-order chi connectivity index (χ0) is 16.7. The van der Waals surface area contributed by atoms with Crippen LogP contribution in [0.2, 0.25) is 5.02 Å². The molecule has 0 unspecified atom stereocenters. The van der Waals surface area contributed by atoms with Crippen molar-refractivity contribution in [1.29, 1.82) is 0 Å². The number of hydrogen-bond acceptors (Lipinski definition) is 2. The molecule has 1 amide bonds. The minimum absolute atomic E-state index is 0.139. The molecular formula is C19H14ClN3O. The smallest absolute Gasteiger partial charge is 0.253 e. The molecule has 0 aliphatic rings. The van der Waals surface area contributed by atoms with Crippen molar-refractivity contribution in [2.75, 3.05) is 7.05 Å². The Hall–Kier alpha value is -2.85. The summed E-state index contributed by atoms with van der Waals surface area (Å²) in [6, 6.07) is 15.5. The monoisotopic (exact) mass is 335 g/mol.